The molecule has 5 heterocycles. The normalized spacial score (nSPS) is 25.6. The Hall–Kier alpha value is -12.1. The van der Waals surface area contributed by atoms with E-state index in [1.54, 1.807) is 12.1 Å². The molecule has 0 radical (unpaired) electrons. The molecule has 11 N–H and O–H groups in total. The maximum Gasteiger partial charge on any atom is 0.416 e. The lowest BCUT2D eigenvalue weighted by Gasteiger charge is -2.38. The molecule has 10 aromatic rings. The first-order chi connectivity index (χ1) is 70.4. The molecule has 0 unspecified atom stereocenters. The molecule has 19 nitrogen and oxygen atoms in total. The molecule has 20 rings (SSSR count). The quantitative estimate of drug-likeness (QED) is 0.0301. The molecule has 3 amide bonds. The second-order valence-corrected chi connectivity index (χ2v) is 43.5. The monoisotopic (exact) mass is 2080 g/mol. The fraction of sp³-hybridized carbons (Fsp3) is 0.442. The van der Waals surface area contributed by atoms with Gasteiger partial charge in [-0.05, 0) is 344 Å². The van der Waals surface area contributed by atoms with Crippen LogP contribution in [0.4, 0.5) is 104 Å². The van der Waals surface area contributed by atoms with Crippen LogP contribution in [0, 0.1) is 58.7 Å². The number of hydrogen-bond donors (Lipinski definition) is 10. The molecule has 10 aromatic carbocycles. The number of fused-ring (bicyclic) bond motifs is 15. The van der Waals surface area contributed by atoms with Crippen molar-refractivity contribution in [1.82, 2.24) is 35.4 Å². The lowest BCUT2D eigenvalue weighted by Crippen LogP contribution is -2.40. The lowest BCUT2D eigenvalue weighted by molar-refractivity contribution is -0.138. The van der Waals surface area contributed by atoms with Gasteiger partial charge >= 0.3 is 43.0 Å². The number of alkyl carbamates (subject to hydrolysis) is 1. The van der Waals surface area contributed by atoms with E-state index >= 15 is 0 Å². The molecule has 20 atom stereocenters. The predicted molar refractivity (Wildman–Crippen MR) is 544 cm³/mol. The molecule has 10 aliphatic rings. The predicted octanol–water partition coefficient (Wildman–Crippen LogP) is 24.9. The van der Waals surface area contributed by atoms with Gasteiger partial charge in [0.05, 0.1) is 69.8 Å². The Balaban J connectivity index is 0.000000133. The van der Waals surface area contributed by atoms with Crippen LogP contribution in [0.1, 0.15) is 214 Å². The Kier molecular flexibility index (Phi) is 33.9. The standard InChI is InChI=1S/C25H31F3N4O.C24H30F3N3O2S.C24H28F3N3O2.C20H21F3N2.C20H17F3N2/c1-32(2)11-10-29-24(33)30-15-16-12-19-20-14-18(25(26,27)28)8-9-22(20)31-23(21(19)13-16)17-6-4-3-5-7-17;1-30(2)11-6-12-33(31,32)29-18-14-19-20-13-17(24(25,26)27)9-10-22(20)28-23(21(19)15-18)16-7-4-3-5-8-16;1-30(2)11-10-28-23(31)32-17-13-18-19-12-16(24(25,26)27)8-9-21(19)29-22(20(18)14-17)15-6-4-3-5-7-15;2*21-20(22,23)14-6-7-18-16(10-14)15-8-12(11-24)9-17(15)19(25-18)13-4-2-1-3-5-13/h3-9,14,16,19,21,23,31H,10-13,15H2,1-2H3,(H2,29,30,33);3-5,7-10,13,18-19,21,23,28-29H,6,11-12,14-15H2,1-2H3;3-9,12,17-18,20,22,29H,10-11,13-14H2,1-2H3,(H,28,31);1-7,10,12,15,17,19,25H,8-9,11,24H2;1-7,10,12,15,17,19,25H,8-9H2/t16-,19+,21+,23-;18-,19+,21+,23-;17-,18+,20+,22-;2*12-,15+,17+,19-/m00000/s1. The average Bonchev–Trinajstić information content (AvgIpc) is 1.56. The van der Waals surface area contributed by atoms with Crippen LogP contribution in [0.2, 0.25) is 0 Å². The second-order valence-electron chi connectivity index (χ2n) is 41.7. The highest BCUT2D eigenvalue weighted by Crippen LogP contribution is 2.61. The van der Waals surface area contributed by atoms with Crippen LogP contribution in [-0.2, 0) is 45.6 Å². The van der Waals surface area contributed by atoms with Crippen molar-refractivity contribution in [3.63, 3.8) is 0 Å². The number of nitriles is 1. The number of carbonyl (C=O) groups is 2. The number of carbonyl (C=O) groups excluding carboxylic acids is 2. The highest BCUT2D eigenvalue weighted by Gasteiger charge is 2.53. The summed E-state index contributed by atoms with van der Waals surface area (Å²) >= 11 is 0. The van der Waals surface area contributed by atoms with Gasteiger partial charge in [-0.3, -0.25) is 0 Å². The van der Waals surface area contributed by atoms with Crippen molar-refractivity contribution in [2.24, 2.45) is 53.1 Å². The first-order valence-electron chi connectivity index (χ1n) is 50.5. The Bertz CT molecular complexity index is 6330. The van der Waals surface area contributed by atoms with Crippen LogP contribution in [0.25, 0.3) is 0 Å². The van der Waals surface area contributed by atoms with E-state index in [4.69, 9.17) is 10.5 Å². The Morgan fingerprint density at radius 2 is 0.676 bits per heavy atom. The highest BCUT2D eigenvalue weighted by atomic mass is 32.2. The van der Waals surface area contributed by atoms with Gasteiger partial charge < -0.3 is 67.7 Å². The Morgan fingerprint density at radius 3 is 1.01 bits per heavy atom. The third-order valence-corrected chi connectivity index (χ3v) is 32.5. The minimum Gasteiger partial charge on any atom is -0.446 e. The zero-order chi connectivity index (χ0) is 105. The summed E-state index contributed by atoms with van der Waals surface area (Å²) < 4.78 is 233. The van der Waals surface area contributed by atoms with E-state index in [0.29, 0.717) is 118 Å². The Morgan fingerprint density at radius 1 is 0.372 bits per heavy atom. The van der Waals surface area contributed by atoms with E-state index in [1.807, 2.05) is 184 Å². The fourth-order valence-corrected chi connectivity index (χ4v) is 25.5. The molecular formula is C113H127F15N14O5S. The molecule has 5 fully saturated rings. The number of nitrogens with one attached hydrogen (secondary N) is 9. The molecule has 0 bridgehead atoms. The van der Waals surface area contributed by atoms with Crippen molar-refractivity contribution in [2.45, 2.75) is 173 Å². The number of amides is 3. The summed E-state index contributed by atoms with van der Waals surface area (Å²) in [5.41, 5.74) is 15.6. The summed E-state index contributed by atoms with van der Waals surface area (Å²) in [5.74, 6) is 0.879. The van der Waals surface area contributed by atoms with E-state index in [1.165, 1.54) is 60.2 Å². The van der Waals surface area contributed by atoms with Crippen molar-refractivity contribution in [1.29, 1.82) is 5.26 Å². The fourth-order valence-electron chi connectivity index (χ4n) is 24.2. The SMILES string of the molecule is CN(C)CCCS(=O)(=O)N[C@@H]1C[C@@H]2[C@H](C1)c1cc(C(F)(F)F)ccc1N[C@H]2c1ccccc1.CN(C)CCNC(=O)NC[C@@H]1C[C@@H]2[C@H](C1)c1cc(C(F)(F)F)ccc1N[C@H]2c1ccccc1.CN(C)CCNC(=O)O[C@@H]1C[C@@H]2[C@H](C1)c1cc(C(F)(F)F)ccc1N[C@H]2c1ccccc1.N#C[C@@H]1C[C@@H]2[C@H](C1)c1cc(C(F)(F)F)ccc1N[C@H]2c1ccccc1.NC[C@@H]1C[C@@H]2[C@H](C1)c1cc(C(F)(F)F)ccc1N[C@H]2c1ccccc1. The molecule has 35 heteroatoms. The van der Waals surface area contributed by atoms with Crippen molar-refractivity contribution in [3.8, 4) is 6.07 Å². The molecule has 0 saturated heterocycles. The van der Waals surface area contributed by atoms with Crippen LogP contribution in [0.3, 0.4) is 0 Å². The summed E-state index contributed by atoms with van der Waals surface area (Å²) in [6.45, 7) is 4.24. The van der Waals surface area contributed by atoms with E-state index in [-0.39, 0.29) is 125 Å². The molecular weight excluding hydrogens is 1950 g/mol. The van der Waals surface area contributed by atoms with Gasteiger partial charge in [0.25, 0.3) is 0 Å². The number of likely N-dealkylation sites (N-methyl/N-ethyl adjacent to an activating group) is 2. The third-order valence-electron chi connectivity index (χ3n) is 31.0. The number of alkyl halides is 15. The first-order valence-corrected chi connectivity index (χ1v) is 52.2. The van der Waals surface area contributed by atoms with Crippen LogP contribution in [0.15, 0.2) is 243 Å². The zero-order valence-electron chi connectivity index (χ0n) is 83.1. The van der Waals surface area contributed by atoms with Gasteiger partial charge in [-0.2, -0.15) is 71.1 Å². The minimum absolute atomic E-state index is 0.0114. The minimum atomic E-state index is -4.42. The van der Waals surface area contributed by atoms with Gasteiger partial charge in [0.15, 0.2) is 0 Å². The summed E-state index contributed by atoms with van der Waals surface area (Å²) in [6, 6.07) is 71.4. The average molecular weight is 2080 g/mol. The van der Waals surface area contributed by atoms with Crippen molar-refractivity contribution in [3.05, 3.63) is 326 Å². The highest BCUT2D eigenvalue weighted by molar-refractivity contribution is 7.89. The largest absolute Gasteiger partial charge is 0.446 e. The van der Waals surface area contributed by atoms with E-state index in [9.17, 15) is 89.1 Å². The van der Waals surface area contributed by atoms with Gasteiger partial charge in [-0.1, -0.05) is 152 Å². The number of nitrogens with zero attached hydrogens (tertiary/aromatic N) is 4. The van der Waals surface area contributed by atoms with Crippen molar-refractivity contribution >= 4 is 50.6 Å². The van der Waals surface area contributed by atoms with Gasteiger partial charge in [-0.25, -0.2) is 22.7 Å². The van der Waals surface area contributed by atoms with Gasteiger partial charge in [0.2, 0.25) is 10.0 Å². The number of rotatable bonds is 21. The summed E-state index contributed by atoms with van der Waals surface area (Å²) in [5, 5.41) is 35.2. The molecule has 148 heavy (non-hydrogen) atoms. The number of ether oxygens (including phenoxy) is 1. The molecule has 790 valence electrons. The number of sulfonamides is 1. The molecule has 5 aliphatic heterocycles. The van der Waals surface area contributed by atoms with Crippen LogP contribution in [-0.4, -0.2) is 141 Å². The number of urea groups is 1. The topological polar surface area (TPSA) is 245 Å². The lowest BCUT2D eigenvalue weighted by atomic mass is 9.77. The number of benzene rings is 10. The summed E-state index contributed by atoms with van der Waals surface area (Å²) in [7, 11) is 8.03. The molecule has 0 aromatic heterocycles. The first kappa shape index (κ1) is 109. The van der Waals surface area contributed by atoms with E-state index < -0.39 is 74.8 Å². The zero-order valence-corrected chi connectivity index (χ0v) is 83.9. The number of nitrogens with two attached hydrogens (primary N) is 1. The molecule has 5 aliphatic carbocycles. The maximum atomic E-state index is 13.4. The number of halogens is 15. The Labute approximate surface area is 854 Å². The van der Waals surface area contributed by atoms with Crippen molar-refractivity contribution in [2.75, 3.05) is 120 Å². The second kappa shape index (κ2) is 46.2. The third kappa shape index (κ3) is 26.3. The van der Waals surface area contributed by atoms with Crippen LogP contribution < -0.4 is 53.0 Å². The van der Waals surface area contributed by atoms with Crippen LogP contribution >= 0.6 is 0 Å². The summed E-state index contributed by atoms with van der Waals surface area (Å²) in [4.78, 5) is 30.3. The van der Waals surface area contributed by atoms with Gasteiger partial charge in [-0.15, -0.1) is 0 Å². The van der Waals surface area contributed by atoms with E-state index in [2.05, 4.69) is 77.6 Å². The maximum absolute atomic E-state index is 13.4. The number of hydrogen-bond acceptors (Lipinski definition) is 15. The smallest absolute Gasteiger partial charge is 0.416 e. The molecule has 5 saturated carbocycles. The summed E-state index contributed by atoms with van der Waals surface area (Å²) in [6.07, 6.45) is -15.3. The number of anilines is 5. The van der Waals surface area contributed by atoms with E-state index in [0.717, 1.165) is 107 Å². The van der Waals surface area contributed by atoms with Gasteiger partial charge in [0, 0.05) is 73.1 Å². The molecule has 0 spiro atoms. The van der Waals surface area contributed by atoms with Gasteiger partial charge in [0.1, 0.15) is 6.10 Å². The van der Waals surface area contributed by atoms with Crippen molar-refractivity contribution < 1.29 is 88.6 Å². The van der Waals surface area contributed by atoms with Crippen LogP contribution in [0.5, 0.6) is 0 Å².